The molecule has 3 nitrogen and oxygen atoms in total. The number of hydrogen-bond acceptors (Lipinski definition) is 2. The Balaban J connectivity index is 1.84. The van der Waals surface area contributed by atoms with Crippen molar-refractivity contribution in [3.63, 3.8) is 0 Å². The van der Waals surface area contributed by atoms with E-state index in [1.165, 1.54) is 25.0 Å². The SMILES string of the molecule is CC(NC(=O)CC1CCCC1)c1ccc(OC(F)F)cc1. The number of benzene rings is 1. The molecule has 1 aliphatic rings. The van der Waals surface area contributed by atoms with E-state index in [-0.39, 0.29) is 17.7 Å². The molecule has 2 rings (SSSR count). The van der Waals surface area contributed by atoms with Gasteiger partial charge in [-0.15, -0.1) is 0 Å². The minimum absolute atomic E-state index is 0.0577. The summed E-state index contributed by atoms with van der Waals surface area (Å²) in [6.45, 7) is -0.936. The Morgan fingerprint density at radius 2 is 1.90 bits per heavy atom. The zero-order valence-electron chi connectivity index (χ0n) is 12.1. The molecule has 5 heteroatoms. The van der Waals surface area contributed by atoms with Gasteiger partial charge in [0.25, 0.3) is 0 Å². The average molecular weight is 297 g/mol. The van der Waals surface area contributed by atoms with Gasteiger partial charge in [0.2, 0.25) is 5.91 Å². The van der Waals surface area contributed by atoms with Gasteiger partial charge in [0, 0.05) is 6.42 Å². The Labute approximate surface area is 123 Å². The zero-order chi connectivity index (χ0) is 15.2. The summed E-state index contributed by atoms with van der Waals surface area (Å²) in [7, 11) is 0. The van der Waals surface area contributed by atoms with Crippen molar-refractivity contribution in [1.82, 2.24) is 5.32 Å². The highest BCUT2D eigenvalue weighted by molar-refractivity contribution is 5.76. The number of rotatable bonds is 6. The fourth-order valence-corrected chi connectivity index (χ4v) is 2.80. The van der Waals surface area contributed by atoms with Crippen LogP contribution in [0.4, 0.5) is 8.78 Å². The standard InChI is InChI=1S/C16H21F2NO2/c1-11(19-15(20)10-12-4-2-3-5-12)13-6-8-14(9-7-13)21-16(17)18/h6-9,11-12,16H,2-5,10H2,1H3,(H,19,20). The van der Waals surface area contributed by atoms with E-state index in [1.54, 1.807) is 12.1 Å². The molecule has 116 valence electrons. The summed E-state index contributed by atoms with van der Waals surface area (Å²) in [6, 6.07) is 6.22. The number of halogens is 2. The summed E-state index contributed by atoms with van der Waals surface area (Å²) >= 11 is 0. The van der Waals surface area contributed by atoms with E-state index in [9.17, 15) is 13.6 Å². The van der Waals surface area contributed by atoms with Crippen LogP contribution in [0.3, 0.4) is 0 Å². The lowest BCUT2D eigenvalue weighted by molar-refractivity contribution is -0.122. The van der Waals surface area contributed by atoms with Crippen LogP contribution in [0.5, 0.6) is 5.75 Å². The van der Waals surface area contributed by atoms with Crippen LogP contribution >= 0.6 is 0 Å². The Hall–Kier alpha value is -1.65. The number of carbonyl (C=O) groups excluding carboxylic acids is 1. The van der Waals surface area contributed by atoms with Gasteiger partial charge in [0.1, 0.15) is 5.75 Å². The largest absolute Gasteiger partial charge is 0.435 e. The van der Waals surface area contributed by atoms with Gasteiger partial charge in [-0.1, -0.05) is 25.0 Å². The van der Waals surface area contributed by atoms with Crippen LogP contribution in [0.25, 0.3) is 0 Å². The molecule has 0 radical (unpaired) electrons. The van der Waals surface area contributed by atoms with Crippen molar-refractivity contribution in [3.05, 3.63) is 29.8 Å². The van der Waals surface area contributed by atoms with Gasteiger partial charge in [0.05, 0.1) is 6.04 Å². The van der Waals surface area contributed by atoms with E-state index >= 15 is 0 Å². The third kappa shape index (κ3) is 4.99. The van der Waals surface area contributed by atoms with Gasteiger partial charge >= 0.3 is 6.61 Å². The van der Waals surface area contributed by atoms with Crippen LogP contribution in [0.15, 0.2) is 24.3 Å². The van der Waals surface area contributed by atoms with Crippen molar-refractivity contribution in [2.24, 2.45) is 5.92 Å². The third-order valence-electron chi connectivity index (χ3n) is 3.93. The molecule has 1 aromatic rings. The molecule has 0 bridgehead atoms. The molecule has 1 unspecified atom stereocenters. The summed E-state index contributed by atoms with van der Waals surface area (Å²) in [5.41, 5.74) is 0.872. The van der Waals surface area contributed by atoms with Gasteiger partial charge in [-0.2, -0.15) is 8.78 Å². The lowest BCUT2D eigenvalue weighted by Crippen LogP contribution is -2.27. The second-order valence-corrected chi connectivity index (χ2v) is 5.59. The molecule has 1 fully saturated rings. The van der Waals surface area contributed by atoms with Crippen molar-refractivity contribution < 1.29 is 18.3 Å². The van der Waals surface area contributed by atoms with Crippen LogP contribution in [-0.4, -0.2) is 12.5 Å². The maximum absolute atomic E-state index is 12.1. The molecule has 0 aliphatic heterocycles. The predicted molar refractivity (Wildman–Crippen MR) is 76.2 cm³/mol. The highest BCUT2D eigenvalue weighted by atomic mass is 19.3. The molecule has 1 aliphatic carbocycles. The maximum atomic E-state index is 12.1. The minimum Gasteiger partial charge on any atom is -0.435 e. The van der Waals surface area contributed by atoms with E-state index in [4.69, 9.17) is 0 Å². The third-order valence-corrected chi connectivity index (χ3v) is 3.93. The highest BCUT2D eigenvalue weighted by Gasteiger charge is 2.19. The Kier molecular flexibility index (Phi) is 5.53. The summed E-state index contributed by atoms with van der Waals surface area (Å²) < 4.78 is 28.4. The molecule has 0 saturated heterocycles. The minimum atomic E-state index is -2.82. The lowest BCUT2D eigenvalue weighted by Gasteiger charge is -2.16. The molecule has 1 saturated carbocycles. The first-order valence-corrected chi connectivity index (χ1v) is 7.38. The Morgan fingerprint density at radius 3 is 2.48 bits per heavy atom. The van der Waals surface area contributed by atoms with Gasteiger partial charge in [-0.3, -0.25) is 4.79 Å². The number of alkyl halides is 2. The van der Waals surface area contributed by atoms with Crippen molar-refractivity contribution in [2.45, 2.75) is 51.7 Å². The molecule has 1 N–H and O–H groups in total. The maximum Gasteiger partial charge on any atom is 0.387 e. The van der Waals surface area contributed by atoms with Crippen molar-refractivity contribution in [1.29, 1.82) is 0 Å². The molecule has 0 heterocycles. The first-order valence-electron chi connectivity index (χ1n) is 7.38. The van der Waals surface area contributed by atoms with Crippen molar-refractivity contribution >= 4 is 5.91 Å². The van der Waals surface area contributed by atoms with E-state index in [0.29, 0.717) is 12.3 Å². The Morgan fingerprint density at radius 1 is 1.29 bits per heavy atom. The number of amides is 1. The van der Waals surface area contributed by atoms with E-state index in [1.807, 2.05) is 6.92 Å². The fraction of sp³-hybridized carbons (Fsp3) is 0.562. The van der Waals surface area contributed by atoms with Crippen molar-refractivity contribution in [3.8, 4) is 5.75 Å². The second kappa shape index (κ2) is 7.38. The average Bonchev–Trinajstić information content (AvgIpc) is 2.91. The zero-order valence-corrected chi connectivity index (χ0v) is 12.1. The number of ether oxygens (including phenoxy) is 1. The molecule has 1 amide bonds. The van der Waals surface area contributed by atoms with Crippen molar-refractivity contribution in [2.75, 3.05) is 0 Å². The van der Waals surface area contributed by atoms with Crippen LogP contribution in [0, 0.1) is 5.92 Å². The smallest absolute Gasteiger partial charge is 0.387 e. The molecule has 0 aromatic heterocycles. The summed E-state index contributed by atoms with van der Waals surface area (Å²) in [6.07, 6.45) is 5.30. The van der Waals surface area contributed by atoms with Gasteiger partial charge in [-0.05, 0) is 43.4 Å². The summed E-state index contributed by atoms with van der Waals surface area (Å²) in [5, 5.41) is 2.96. The van der Waals surface area contributed by atoms with Gasteiger partial charge in [-0.25, -0.2) is 0 Å². The molecular formula is C16H21F2NO2. The predicted octanol–water partition coefficient (Wildman–Crippen LogP) is 4.05. The van der Waals surface area contributed by atoms with E-state index in [2.05, 4.69) is 10.1 Å². The number of carbonyl (C=O) groups is 1. The van der Waals surface area contributed by atoms with Crippen LogP contribution in [0.1, 0.15) is 50.6 Å². The molecule has 1 aromatic carbocycles. The van der Waals surface area contributed by atoms with Gasteiger partial charge in [0.15, 0.2) is 0 Å². The molecule has 0 spiro atoms. The molecule has 1 atom stereocenters. The van der Waals surface area contributed by atoms with Crippen LogP contribution in [0.2, 0.25) is 0 Å². The summed E-state index contributed by atoms with van der Waals surface area (Å²) in [5.74, 6) is 0.694. The molecule has 21 heavy (non-hydrogen) atoms. The quantitative estimate of drug-likeness (QED) is 0.860. The lowest BCUT2D eigenvalue weighted by atomic mass is 10.0. The fourth-order valence-electron chi connectivity index (χ4n) is 2.80. The number of nitrogens with one attached hydrogen (secondary N) is 1. The summed E-state index contributed by atoms with van der Waals surface area (Å²) in [4.78, 5) is 12.0. The molecular weight excluding hydrogens is 276 g/mol. The van der Waals surface area contributed by atoms with E-state index in [0.717, 1.165) is 18.4 Å². The van der Waals surface area contributed by atoms with E-state index < -0.39 is 6.61 Å². The highest BCUT2D eigenvalue weighted by Crippen LogP contribution is 2.27. The monoisotopic (exact) mass is 297 g/mol. The first kappa shape index (κ1) is 15.7. The van der Waals surface area contributed by atoms with Crippen LogP contribution < -0.4 is 10.1 Å². The normalized spacial score (nSPS) is 17.0. The van der Waals surface area contributed by atoms with Crippen LogP contribution in [-0.2, 0) is 4.79 Å². The first-order chi connectivity index (χ1) is 10.0. The van der Waals surface area contributed by atoms with Gasteiger partial charge < -0.3 is 10.1 Å². The second-order valence-electron chi connectivity index (χ2n) is 5.59. The Bertz CT molecular complexity index is 456. The topological polar surface area (TPSA) is 38.3 Å². The number of hydrogen-bond donors (Lipinski definition) is 1.